The molecule has 1 aliphatic heterocycles. The van der Waals surface area contributed by atoms with Crippen LogP contribution in [0.1, 0.15) is 28.9 Å². The van der Waals surface area contributed by atoms with E-state index in [2.05, 4.69) is 39.4 Å². The Hall–Kier alpha value is -2.18. The molecular weight excluding hydrogens is 374 g/mol. The molecule has 2 aromatic heterocycles. The van der Waals surface area contributed by atoms with Crippen LogP contribution in [0, 0.1) is 0 Å². The van der Waals surface area contributed by atoms with Gasteiger partial charge in [-0.15, -0.1) is 21.5 Å². The fraction of sp³-hybridized carbons (Fsp3) is 0.286. The van der Waals surface area contributed by atoms with Gasteiger partial charge in [0.2, 0.25) is 0 Å². The Balaban J connectivity index is 1.37. The molecule has 138 valence electrons. The first kappa shape index (κ1) is 18.2. The summed E-state index contributed by atoms with van der Waals surface area (Å²) in [4.78, 5) is 15.3. The zero-order valence-corrected chi connectivity index (χ0v) is 16.6. The van der Waals surface area contributed by atoms with Crippen LogP contribution >= 0.6 is 23.1 Å². The van der Waals surface area contributed by atoms with Gasteiger partial charge in [0, 0.05) is 24.3 Å². The number of carbonyl (C=O) groups is 1. The van der Waals surface area contributed by atoms with E-state index in [0.29, 0.717) is 5.75 Å². The van der Waals surface area contributed by atoms with E-state index in [0.717, 1.165) is 34.2 Å². The monoisotopic (exact) mass is 395 g/mol. The second-order valence-electron chi connectivity index (χ2n) is 6.54. The Morgan fingerprint density at radius 1 is 1.00 bits per heavy atom. The van der Waals surface area contributed by atoms with E-state index in [1.54, 1.807) is 0 Å². The second-order valence-corrected chi connectivity index (χ2v) is 8.48. The van der Waals surface area contributed by atoms with Crippen molar-refractivity contribution in [3.8, 4) is 11.3 Å². The molecule has 6 heteroatoms. The Kier molecular flexibility index (Phi) is 5.84. The SMILES string of the molecule is O=C(CSc1ccc(-c2ccc(N3CCCCC3)cc2)nn1)c1cccs1. The lowest BCUT2D eigenvalue weighted by Crippen LogP contribution is -2.29. The Bertz CT molecular complexity index is 871. The van der Waals surface area contributed by atoms with Crippen LogP contribution in [0.4, 0.5) is 5.69 Å². The summed E-state index contributed by atoms with van der Waals surface area (Å²) in [6, 6.07) is 16.2. The summed E-state index contributed by atoms with van der Waals surface area (Å²) < 4.78 is 0. The quantitative estimate of drug-likeness (QED) is 0.426. The van der Waals surface area contributed by atoms with E-state index in [-0.39, 0.29) is 5.78 Å². The third-order valence-electron chi connectivity index (χ3n) is 4.67. The maximum absolute atomic E-state index is 12.1. The molecule has 1 fully saturated rings. The second kappa shape index (κ2) is 8.67. The number of ketones is 1. The van der Waals surface area contributed by atoms with Crippen LogP contribution in [0.25, 0.3) is 11.3 Å². The maximum atomic E-state index is 12.1. The summed E-state index contributed by atoms with van der Waals surface area (Å²) in [6.07, 6.45) is 3.90. The number of nitrogens with zero attached hydrogens (tertiary/aromatic N) is 3. The van der Waals surface area contributed by atoms with Gasteiger partial charge in [-0.2, -0.15) is 0 Å². The van der Waals surface area contributed by atoms with Crippen molar-refractivity contribution in [2.24, 2.45) is 0 Å². The lowest BCUT2D eigenvalue weighted by molar-refractivity contribution is 0.102. The molecule has 3 heterocycles. The van der Waals surface area contributed by atoms with Gasteiger partial charge >= 0.3 is 0 Å². The minimum Gasteiger partial charge on any atom is -0.372 e. The molecule has 1 aromatic carbocycles. The first-order valence-corrected chi connectivity index (χ1v) is 11.0. The molecule has 1 aliphatic rings. The lowest BCUT2D eigenvalue weighted by atomic mass is 10.1. The molecular formula is C21H21N3OS2. The first-order valence-electron chi connectivity index (χ1n) is 9.18. The number of thiophene rings is 1. The van der Waals surface area contributed by atoms with Crippen LogP contribution < -0.4 is 4.90 Å². The van der Waals surface area contributed by atoms with E-state index in [1.807, 2.05) is 29.6 Å². The predicted molar refractivity (Wildman–Crippen MR) is 113 cm³/mol. The predicted octanol–water partition coefficient (Wildman–Crippen LogP) is 5.17. The number of rotatable bonds is 6. The number of benzene rings is 1. The van der Waals surface area contributed by atoms with Gasteiger partial charge in [-0.1, -0.05) is 30.0 Å². The number of piperidine rings is 1. The van der Waals surface area contributed by atoms with E-state index in [4.69, 9.17) is 0 Å². The number of thioether (sulfide) groups is 1. The molecule has 0 aliphatic carbocycles. The molecule has 4 rings (SSSR count). The highest BCUT2D eigenvalue weighted by atomic mass is 32.2. The molecule has 1 saturated heterocycles. The molecule has 0 radical (unpaired) electrons. The van der Waals surface area contributed by atoms with Crippen molar-refractivity contribution in [2.75, 3.05) is 23.7 Å². The summed E-state index contributed by atoms with van der Waals surface area (Å²) in [7, 11) is 0. The average Bonchev–Trinajstić information content (AvgIpc) is 3.28. The third-order valence-corrected chi connectivity index (χ3v) is 6.50. The Labute approximate surface area is 167 Å². The van der Waals surface area contributed by atoms with Crippen LogP contribution in [0.5, 0.6) is 0 Å². The number of hydrogen-bond donors (Lipinski definition) is 0. The summed E-state index contributed by atoms with van der Waals surface area (Å²) in [5.41, 5.74) is 3.20. The zero-order valence-electron chi connectivity index (χ0n) is 15.0. The molecule has 27 heavy (non-hydrogen) atoms. The fourth-order valence-electron chi connectivity index (χ4n) is 3.19. The van der Waals surface area contributed by atoms with Crippen molar-refractivity contribution >= 4 is 34.6 Å². The molecule has 0 atom stereocenters. The number of carbonyl (C=O) groups excluding carboxylic acids is 1. The minimum absolute atomic E-state index is 0.133. The van der Waals surface area contributed by atoms with Crippen LogP contribution in [0.2, 0.25) is 0 Å². The number of aromatic nitrogens is 2. The molecule has 0 spiro atoms. The van der Waals surface area contributed by atoms with Crippen LogP contribution in [-0.2, 0) is 0 Å². The molecule has 0 unspecified atom stereocenters. The number of anilines is 1. The highest BCUT2D eigenvalue weighted by Crippen LogP contribution is 2.25. The van der Waals surface area contributed by atoms with E-state index in [9.17, 15) is 4.79 Å². The average molecular weight is 396 g/mol. The molecule has 0 amide bonds. The van der Waals surface area contributed by atoms with E-state index in [1.165, 1.54) is 48.0 Å². The van der Waals surface area contributed by atoms with Crippen molar-refractivity contribution in [1.82, 2.24) is 10.2 Å². The van der Waals surface area contributed by atoms with Crippen LogP contribution in [-0.4, -0.2) is 34.8 Å². The van der Waals surface area contributed by atoms with Crippen molar-refractivity contribution in [3.63, 3.8) is 0 Å². The summed E-state index contributed by atoms with van der Waals surface area (Å²) in [5.74, 6) is 0.521. The largest absolute Gasteiger partial charge is 0.372 e. The van der Waals surface area contributed by atoms with Crippen LogP contribution in [0.15, 0.2) is 58.9 Å². The highest BCUT2D eigenvalue weighted by Gasteiger charge is 2.12. The first-order chi connectivity index (χ1) is 13.3. The fourth-order valence-corrected chi connectivity index (χ4v) is 4.65. The topological polar surface area (TPSA) is 46.1 Å². The maximum Gasteiger partial charge on any atom is 0.183 e. The van der Waals surface area contributed by atoms with Gasteiger partial charge in [0.25, 0.3) is 0 Å². The van der Waals surface area contributed by atoms with Gasteiger partial charge < -0.3 is 4.90 Å². The minimum atomic E-state index is 0.133. The van der Waals surface area contributed by atoms with Gasteiger partial charge in [-0.25, -0.2) is 0 Å². The van der Waals surface area contributed by atoms with Crippen molar-refractivity contribution in [3.05, 3.63) is 58.8 Å². The molecule has 3 aromatic rings. The third kappa shape index (κ3) is 4.57. The van der Waals surface area contributed by atoms with Crippen LogP contribution in [0.3, 0.4) is 0 Å². The summed E-state index contributed by atoms with van der Waals surface area (Å²) >= 11 is 2.90. The number of Topliss-reactive ketones (excluding diaryl/α,β-unsaturated/α-hetero) is 1. The van der Waals surface area contributed by atoms with E-state index < -0.39 is 0 Å². The van der Waals surface area contributed by atoms with Crippen molar-refractivity contribution in [2.45, 2.75) is 24.3 Å². The number of hydrogen-bond acceptors (Lipinski definition) is 6. The van der Waals surface area contributed by atoms with Gasteiger partial charge in [0.15, 0.2) is 5.78 Å². The van der Waals surface area contributed by atoms with Gasteiger partial charge in [0.1, 0.15) is 5.03 Å². The smallest absolute Gasteiger partial charge is 0.183 e. The van der Waals surface area contributed by atoms with Crippen molar-refractivity contribution < 1.29 is 4.79 Å². The standard InChI is InChI=1S/C21H21N3OS2/c25-19(20-5-4-14-26-20)15-27-21-11-10-18(22-23-21)16-6-8-17(9-7-16)24-12-2-1-3-13-24/h4-11,14H,1-3,12-13,15H2. The van der Waals surface area contributed by atoms with Crippen molar-refractivity contribution in [1.29, 1.82) is 0 Å². The van der Waals surface area contributed by atoms with Gasteiger partial charge in [-0.05, 0) is 55.0 Å². The Morgan fingerprint density at radius 3 is 2.48 bits per heavy atom. The molecule has 0 N–H and O–H groups in total. The lowest BCUT2D eigenvalue weighted by Gasteiger charge is -2.28. The molecule has 0 bridgehead atoms. The van der Waals surface area contributed by atoms with E-state index >= 15 is 0 Å². The molecule has 0 saturated carbocycles. The zero-order chi connectivity index (χ0) is 18.5. The summed E-state index contributed by atoms with van der Waals surface area (Å²) in [6.45, 7) is 2.30. The normalized spacial score (nSPS) is 14.3. The molecule has 4 nitrogen and oxygen atoms in total. The Morgan fingerprint density at radius 2 is 1.81 bits per heavy atom. The summed E-state index contributed by atoms with van der Waals surface area (Å²) in [5, 5.41) is 11.3. The highest BCUT2D eigenvalue weighted by molar-refractivity contribution is 7.99. The van der Waals surface area contributed by atoms with Gasteiger partial charge in [-0.3, -0.25) is 4.79 Å². The van der Waals surface area contributed by atoms with Gasteiger partial charge in [0.05, 0.1) is 16.3 Å².